The Morgan fingerprint density at radius 1 is 1.18 bits per heavy atom. The molecule has 0 radical (unpaired) electrons. The molecule has 0 aliphatic carbocycles. The van der Waals surface area contributed by atoms with E-state index < -0.39 is 0 Å². The van der Waals surface area contributed by atoms with Gasteiger partial charge >= 0.3 is 6.09 Å². The monoisotopic (exact) mass is 388 g/mol. The average molecular weight is 388 g/mol. The number of rotatable bonds is 5. The van der Waals surface area contributed by atoms with Gasteiger partial charge < -0.3 is 19.4 Å². The van der Waals surface area contributed by atoms with Gasteiger partial charge in [0.15, 0.2) is 0 Å². The van der Waals surface area contributed by atoms with Crippen LogP contribution in [0.25, 0.3) is 0 Å². The number of hydrogen-bond donors (Lipinski definition) is 0. The van der Waals surface area contributed by atoms with Crippen molar-refractivity contribution in [3.63, 3.8) is 0 Å². The summed E-state index contributed by atoms with van der Waals surface area (Å²) in [6.07, 6.45) is 3.11. The van der Waals surface area contributed by atoms with Gasteiger partial charge in [-0.3, -0.25) is 14.6 Å². The summed E-state index contributed by atoms with van der Waals surface area (Å²) in [7, 11) is 0. The summed E-state index contributed by atoms with van der Waals surface area (Å²) in [6.45, 7) is 5.16. The fourth-order valence-corrected chi connectivity index (χ4v) is 3.71. The van der Waals surface area contributed by atoms with Crippen LogP contribution in [0.5, 0.6) is 0 Å². The Kier molecular flexibility index (Phi) is 6.84. The number of hydrogen-bond acceptors (Lipinski definition) is 5. The van der Waals surface area contributed by atoms with Crippen molar-refractivity contribution in [3.8, 4) is 0 Å². The number of carbonyl (C=O) groups is 3. The SMILES string of the molecule is CCOC(=O)N1CCN(C(=O)[C@@H]2CCC(=O)N(CCc3ccccn3)C2)CC1. The maximum Gasteiger partial charge on any atom is 0.409 e. The minimum atomic E-state index is -0.321. The molecule has 1 aromatic heterocycles. The number of carbonyl (C=O) groups excluding carboxylic acids is 3. The molecule has 0 unspecified atom stereocenters. The molecule has 2 aliphatic heterocycles. The zero-order valence-corrected chi connectivity index (χ0v) is 16.4. The maximum absolute atomic E-state index is 12.9. The highest BCUT2D eigenvalue weighted by atomic mass is 16.6. The molecular weight excluding hydrogens is 360 g/mol. The van der Waals surface area contributed by atoms with Gasteiger partial charge in [-0.05, 0) is 25.5 Å². The molecule has 3 rings (SSSR count). The van der Waals surface area contributed by atoms with Gasteiger partial charge in [0.2, 0.25) is 11.8 Å². The van der Waals surface area contributed by atoms with Crippen LogP contribution in [-0.4, -0.2) is 83.5 Å². The third kappa shape index (κ3) is 4.99. The van der Waals surface area contributed by atoms with Gasteiger partial charge in [0.1, 0.15) is 0 Å². The standard InChI is InChI=1S/C20H28N4O4/c1-2-28-20(27)23-13-11-22(12-14-23)19(26)16-6-7-18(25)24(15-16)10-8-17-5-3-4-9-21-17/h3-5,9,16H,2,6-8,10-15H2,1H3/t16-/m1/s1. The highest BCUT2D eigenvalue weighted by Crippen LogP contribution is 2.21. The lowest BCUT2D eigenvalue weighted by Gasteiger charge is -2.38. The second kappa shape index (κ2) is 9.52. The normalized spacial score (nSPS) is 20.2. The minimum Gasteiger partial charge on any atom is -0.450 e. The summed E-state index contributed by atoms with van der Waals surface area (Å²) < 4.78 is 5.02. The minimum absolute atomic E-state index is 0.0823. The van der Waals surface area contributed by atoms with Crippen molar-refractivity contribution < 1.29 is 19.1 Å². The fourth-order valence-electron chi connectivity index (χ4n) is 3.71. The van der Waals surface area contributed by atoms with E-state index >= 15 is 0 Å². The Hall–Kier alpha value is -2.64. The molecule has 152 valence electrons. The van der Waals surface area contributed by atoms with Crippen LogP contribution in [0, 0.1) is 5.92 Å². The Bertz CT molecular complexity index is 689. The third-order valence-electron chi connectivity index (χ3n) is 5.33. The van der Waals surface area contributed by atoms with Crippen molar-refractivity contribution in [2.45, 2.75) is 26.2 Å². The van der Waals surface area contributed by atoms with Gasteiger partial charge in [-0.1, -0.05) is 6.07 Å². The molecule has 2 aliphatic rings. The summed E-state index contributed by atoms with van der Waals surface area (Å²) >= 11 is 0. The fraction of sp³-hybridized carbons (Fsp3) is 0.600. The van der Waals surface area contributed by atoms with Crippen molar-refractivity contribution in [3.05, 3.63) is 30.1 Å². The van der Waals surface area contributed by atoms with Gasteiger partial charge in [0, 0.05) is 64.0 Å². The van der Waals surface area contributed by atoms with E-state index in [1.807, 2.05) is 23.1 Å². The molecule has 0 N–H and O–H groups in total. The Morgan fingerprint density at radius 2 is 1.93 bits per heavy atom. The lowest BCUT2D eigenvalue weighted by Crippen LogP contribution is -2.54. The van der Waals surface area contributed by atoms with Crippen molar-refractivity contribution in [1.29, 1.82) is 0 Å². The first kappa shape index (κ1) is 20.1. The molecule has 0 spiro atoms. The van der Waals surface area contributed by atoms with Crippen LogP contribution in [0.3, 0.4) is 0 Å². The number of ether oxygens (including phenoxy) is 1. The number of nitrogens with zero attached hydrogens (tertiary/aromatic N) is 4. The molecule has 0 aromatic carbocycles. The molecule has 3 heterocycles. The van der Waals surface area contributed by atoms with E-state index in [4.69, 9.17) is 4.74 Å². The molecule has 8 nitrogen and oxygen atoms in total. The summed E-state index contributed by atoms with van der Waals surface area (Å²) in [6, 6.07) is 5.74. The Balaban J connectivity index is 1.50. The summed E-state index contributed by atoms with van der Waals surface area (Å²) in [5, 5.41) is 0. The molecule has 3 amide bonds. The summed E-state index contributed by atoms with van der Waals surface area (Å²) in [5.41, 5.74) is 0.943. The molecule has 8 heteroatoms. The van der Waals surface area contributed by atoms with E-state index in [-0.39, 0.29) is 23.8 Å². The zero-order chi connectivity index (χ0) is 19.9. The molecule has 28 heavy (non-hydrogen) atoms. The van der Waals surface area contributed by atoms with E-state index in [9.17, 15) is 14.4 Å². The van der Waals surface area contributed by atoms with Gasteiger partial charge in [-0.25, -0.2) is 4.79 Å². The second-order valence-electron chi connectivity index (χ2n) is 7.16. The van der Waals surface area contributed by atoms with Crippen LogP contribution in [0.4, 0.5) is 4.79 Å². The first-order valence-corrected chi connectivity index (χ1v) is 9.96. The molecule has 1 aromatic rings. The first-order chi connectivity index (χ1) is 13.6. The van der Waals surface area contributed by atoms with Crippen LogP contribution in [0.1, 0.15) is 25.5 Å². The van der Waals surface area contributed by atoms with Gasteiger partial charge in [0.05, 0.1) is 12.5 Å². The Morgan fingerprint density at radius 3 is 2.61 bits per heavy atom. The maximum atomic E-state index is 12.9. The van der Waals surface area contributed by atoms with Crippen molar-refractivity contribution in [2.75, 3.05) is 45.9 Å². The number of piperidine rings is 1. The zero-order valence-electron chi connectivity index (χ0n) is 16.4. The number of piperazine rings is 1. The highest BCUT2D eigenvalue weighted by molar-refractivity contribution is 5.84. The van der Waals surface area contributed by atoms with E-state index in [1.54, 1.807) is 22.9 Å². The van der Waals surface area contributed by atoms with Gasteiger partial charge in [0.25, 0.3) is 0 Å². The van der Waals surface area contributed by atoms with E-state index in [0.717, 1.165) is 5.69 Å². The molecule has 0 bridgehead atoms. The van der Waals surface area contributed by atoms with E-state index in [2.05, 4.69) is 4.98 Å². The van der Waals surface area contributed by atoms with Crippen LogP contribution in [0.2, 0.25) is 0 Å². The molecule has 0 saturated carbocycles. The topological polar surface area (TPSA) is 83.0 Å². The van der Waals surface area contributed by atoms with Crippen LogP contribution in [0.15, 0.2) is 24.4 Å². The number of amides is 3. The number of aromatic nitrogens is 1. The van der Waals surface area contributed by atoms with Gasteiger partial charge in [-0.2, -0.15) is 0 Å². The summed E-state index contributed by atoms with van der Waals surface area (Å²) in [4.78, 5) is 46.5. The predicted octanol–water partition coefficient (Wildman–Crippen LogP) is 1.16. The van der Waals surface area contributed by atoms with E-state index in [0.29, 0.717) is 65.1 Å². The van der Waals surface area contributed by atoms with Gasteiger partial charge in [-0.15, -0.1) is 0 Å². The number of pyridine rings is 1. The molecule has 1 atom stereocenters. The van der Waals surface area contributed by atoms with E-state index in [1.165, 1.54) is 0 Å². The highest BCUT2D eigenvalue weighted by Gasteiger charge is 2.34. The third-order valence-corrected chi connectivity index (χ3v) is 5.33. The predicted molar refractivity (Wildman–Crippen MR) is 102 cm³/mol. The summed E-state index contributed by atoms with van der Waals surface area (Å²) in [5.74, 6) is 0.0153. The first-order valence-electron chi connectivity index (χ1n) is 9.96. The largest absolute Gasteiger partial charge is 0.450 e. The van der Waals surface area contributed by atoms with Crippen molar-refractivity contribution >= 4 is 17.9 Å². The van der Waals surface area contributed by atoms with Crippen molar-refractivity contribution in [2.24, 2.45) is 5.92 Å². The smallest absolute Gasteiger partial charge is 0.409 e. The number of likely N-dealkylation sites (tertiary alicyclic amines) is 1. The van der Waals surface area contributed by atoms with Crippen LogP contribution in [-0.2, 0) is 20.7 Å². The molecule has 2 fully saturated rings. The quantitative estimate of drug-likeness (QED) is 0.756. The Labute approximate surface area is 165 Å². The lowest BCUT2D eigenvalue weighted by atomic mass is 9.95. The average Bonchev–Trinajstić information content (AvgIpc) is 2.73. The van der Waals surface area contributed by atoms with Crippen LogP contribution >= 0.6 is 0 Å². The van der Waals surface area contributed by atoms with Crippen molar-refractivity contribution in [1.82, 2.24) is 19.7 Å². The van der Waals surface area contributed by atoms with Crippen LogP contribution < -0.4 is 0 Å². The molecular formula is C20H28N4O4. The molecule has 2 saturated heterocycles. The lowest BCUT2D eigenvalue weighted by molar-refractivity contribution is -0.144. The second-order valence-corrected chi connectivity index (χ2v) is 7.16.